The van der Waals surface area contributed by atoms with E-state index >= 15 is 0 Å². The van der Waals surface area contributed by atoms with Crippen molar-refractivity contribution < 1.29 is 13.6 Å². The molecule has 0 saturated heterocycles. The number of thiazole rings is 1. The molecule has 1 saturated carbocycles. The Labute approximate surface area is 136 Å². The van der Waals surface area contributed by atoms with E-state index in [2.05, 4.69) is 10.3 Å². The molecule has 23 heavy (non-hydrogen) atoms. The Morgan fingerprint density at radius 1 is 1.26 bits per heavy atom. The number of nitrogen functional groups attached to an aromatic ring is 1. The highest BCUT2D eigenvalue weighted by Crippen LogP contribution is 2.30. The van der Waals surface area contributed by atoms with Crippen LogP contribution in [0.2, 0.25) is 0 Å². The van der Waals surface area contributed by atoms with Crippen LogP contribution in [0.3, 0.4) is 0 Å². The summed E-state index contributed by atoms with van der Waals surface area (Å²) in [6.07, 6.45) is 5.68. The van der Waals surface area contributed by atoms with Gasteiger partial charge in [0.05, 0.1) is 5.56 Å². The molecule has 0 radical (unpaired) electrons. The van der Waals surface area contributed by atoms with Crippen LogP contribution in [0.25, 0.3) is 0 Å². The Morgan fingerprint density at radius 3 is 2.74 bits per heavy atom. The predicted molar refractivity (Wildman–Crippen MR) is 86.8 cm³/mol. The molecule has 0 aliphatic heterocycles. The number of nitrogens with one attached hydrogen (secondary N) is 1. The van der Waals surface area contributed by atoms with E-state index in [0.717, 1.165) is 42.4 Å². The lowest BCUT2D eigenvalue weighted by molar-refractivity contribution is 0.103. The van der Waals surface area contributed by atoms with Crippen molar-refractivity contribution in [2.45, 2.75) is 38.1 Å². The zero-order valence-corrected chi connectivity index (χ0v) is 13.3. The average molecular weight is 337 g/mol. The molecule has 0 atom stereocenters. The van der Waals surface area contributed by atoms with Crippen molar-refractivity contribution >= 4 is 28.1 Å². The second-order valence-corrected chi connectivity index (χ2v) is 6.67. The number of nitrogens with two attached hydrogens (primary N) is 1. The predicted octanol–water partition coefficient (Wildman–Crippen LogP) is 3.98. The highest BCUT2D eigenvalue weighted by molar-refractivity contribution is 7.18. The van der Waals surface area contributed by atoms with Crippen LogP contribution < -0.4 is 11.1 Å². The summed E-state index contributed by atoms with van der Waals surface area (Å²) in [5.41, 5.74) is 5.47. The van der Waals surface area contributed by atoms with Gasteiger partial charge in [-0.05, 0) is 31.0 Å². The zero-order chi connectivity index (χ0) is 16.4. The van der Waals surface area contributed by atoms with Gasteiger partial charge < -0.3 is 11.1 Å². The van der Waals surface area contributed by atoms with Crippen molar-refractivity contribution in [3.8, 4) is 0 Å². The number of rotatable bonds is 4. The maximum absolute atomic E-state index is 13.8. The van der Waals surface area contributed by atoms with E-state index in [1.807, 2.05) is 0 Å². The second-order valence-electron chi connectivity index (χ2n) is 5.67. The number of carbonyl (C=O) groups is 1. The van der Waals surface area contributed by atoms with Gasteiger partial charge in [-0.2, -0.15) is 0 Å². The van der Waals surface area contributed by atoms with Crippen molar-refractivity contribution in [3.05, 3.63) is 40.3 Å². The fraction of sp³-hybridized carbons (Fsp3) is 0.375. The van der Waals surface area contributed by atoms with Crippen LogP contribution in [0, 0.1) is 11.6 Å². The zero-order valence-electron chi connectivity index (χ0n) is 12.4. The molecule has 0 amide bonds. The number of aromatic nitrogens is 1. The Morgan fingerprint density at radius 2 is 2.00 bits per heavy atom. The minimum absolute atomic E-state index is 0.0435. The largest absolute Gasteiger partial charge is 0.382 e. The first-order valence-electron chi connectivity index (χ1n) is 7.57. The highest BCUT2D eigenvalue weighted by Gasteiger charge is 2.22. The fourth-order valence-corrected chi connectivity index (χ4v) is 3.69. The van der Waals surface area contributed by atoms with E-state index in [1.165, 1.54) is 19.3 Å². The average Bonchev–Trinajstić information content (AvgIpc) is 2.90. The van der Waals surface area contributed by atoms with Crippen molar-refractivity contribution in [3.63, 3.8) is 0 Å². The van der Waals surface area contributed by atoms with Gasteiger partial charge in [0.25, 0.3) is 0 Å². The summed E-state index contributed by atoms with van der Waals surface area (Å²) >= 11 is 1.08. The van der Waals surface area contributed by atoms with Crippen molar-refractivity contribution in [2.24, 2.45) is 0 Å². The van der Waals surface area contributed by atoms with Gasteiger partial charge in [0.1, 0.15) is 22.3 Å². The SMILES string of the molecule is Nc1nc(NC2CCCCC2)sc1C(=O)c1cc(F)ccc1F. The topological polar surface area (TPSA) is 68.0 Å². The molecule has 1 fully saturated rings. The van der Waals surface area contributed by atoms with Crippen molar-refractivity contribution in [1.82, 2.24) is 4.98 Å². The molecule has 0 bridgehead atoms. The number of hydrogen-bond donors (Lipinski definition) is 2. The lowest BCUT2D eigenvalue weighted by Gasteiger charge is -2.22. The number of benzene rings is 1. The number of halogens is 2. The molecule has 2 aromatic rings. The third-order valence-corrected chi connectivity index (χ3v) is 4.97. The van der Waals surface area contributed by atoms with E-state index < -0.39 is 17.4 Å². The number of nitrogens with zero attached hydrogens (tertiary/aromatic N) is 1. The van der Waals surface area contributed by atoms with Gasteiger partial charge in [0.2, 0.25) is 5.78 Å². The maximum atomic E-state index is 13.8. The van der Waals surface area contributed by atoms with Crippen LogP contribution in [0.15, 0.2) is 18.2 Å². The molecule has 1 aliphatic rings. The molecule has 1 heterocycles. The Balaban J connectivity index is 1.82. The van der Waals surface area contributed by atoms with E-state index in [-0.39, 0.29) is 16.3 Å². The third kappa shape index (κ3) is 3.50. The molecular weight excluding hydrogens is 320 g/mol. The molecule has 1 aliphatic carbocycles. The van der Waals surface area contributed by atoms with Crippen LogP contribution >= 0.6 is 11.3 Å². The summed E-state index contributed by atoms with van der Waals surface area (Å²) in [5, 5.41) is 3.83. The van der Waals surface area contributed by atoms with Gasteiger partial charge in [-0.25, -0.2) is 13.8 Å². The molecule has 4 nitrogen and oxygen atoms in total. The van der Waals surface area contributed by atoms with Crippen LogP contribution in [0.1, 0.15) is 47.3 Å². The van der Waals surface area contributed by atoms with Crippen LogP contribution in [0.5, 0.6) is 0 Å². The number of ketones is 1. The molecule has 7 heteroatoms. The monoisotopic (exact) mass is 337 g/mol. The van der Waals surface area contributed by atoms with Gasteiger partial charge in [-0.3, -0.25) is 4.79 Å². The molecule has 1 aromatic carbocycles. The minimum atomic E-state index is -0.772. The maximum Gasteiger partial charge on any atom is 0.209 e. The standard InChI is InChI=1S/C16H17F2N3OS/c17-9-6-7-12(18)11(8-9)13(22)14-15(19)21-16(23-14)20-10-4-2-1-3-5-10/h6-8,10H,1-5,19H2,(H,20,21). The Hall–Kier alpha value is -2.02. The summed E-state index contributed by atoms with van der Waals surface area (Å²) in [5.74, 6) is -2.04. The van der Waals surface area contributed by atoms with Crippen molar-refractivity contribution in [1.29, 1.82) is 0 Å². The van der Waals surface area contributed by atoms with E-state index in [4.69, 9.17) is 5.73 Å². The molecule has 3 rings (SSSR count). The summed E-state index contributed by atoms with van der Waals surface area (Å²) in [6.45, 7) is 0. The molecular formula is C16H17F2N3OS. The number of anilines is 2. The number of hydrogen-bond acceptors (Lipinski definition) is 5. The molecule has 3 N–H and O–H groups in total. The summed E-state index contributed by atoms with van der Waals surface area (Å²) in [4.78, 5) is 16.7. The van der Waals surface area contributed by atoms with Crippen LogP contribution in [0.4, 0.5) is 19.7 Å². The second kappa shape index (κ2) is 6.62. The first-order chi connectivity index (χ1) is 11.0. The molecule has 0 spiro atoms. The first kappa shape index (κ1) is 15.9. The van der Waals surface area contributed by atoms with Gasteiger partial charge in [0, 0.05) is 6.04 Å². The lowest BCUT2D eigenvalue weighted by Crippen LogP contribution is -2.22. The van der Waals surface area contributed by atoms with E-state index in [0.29, 0.717) is 11.2 Å². The van der Waals surface area contributed by atoms with Crippen molar-refractivity contribution in [2.75, 3.05) is 11.1 Å². The van der Waals surface area contributed by atoms with Gasteiger partial charge in [-0.1, -0.05) is 30.6 Å². The molecule has 1 aromatic heterocycles. The summed E-state index contributed by atoms with van der Waals surface area (Å²) in [7, 11) is 0. The summed E-state index contributed by atoms with van der Waals surface area (Å²) < 4.78 is 27.0. The van der Waals surface area contributed by atoms with Crippen LogP contribution in [-0.4, -0.2) is 16.8 Å². The lowest BCUT2D eigenvalue weighted by atomic mass is 9.96. The highest BCUT2D eigenvalue weighted by atomic mass is 32.1. The quantitative estimate of drug-likeness (QED) is 0.828. The normalized spacial score (nSPS) is 15.6. The molecule has 122 valence electrons. The minimum Gasteiger partial charge on any atom is -0.382 e. The van der Waals surface area contributed by atoms with E-state index in [1.54, 1.807) is 0 Å². The van der Waals surface area contributed by atoms with Gasteiger partial charge in [-0.15, -0.1) is 0 Å². The Bertz CT molecular complexity index is 726. The van der Waals surface area contributed by atoms with Gasteiger partial charge in [0.15, 0.2) is 5.13 Å². The molecule has 0 unspecified atom stereocenters. The van der Waals surface area contributed by atoms with Crippen LogP contribution in [-0.2, 0) is 0 Å². The van der Waals surface area contributed by atoms with Gasteiger partial charge >= 0.3 is 0 Å². The van der Waals surface area contributed by atoms with E-state index in [9.17, 15) is 13.6 Å². The number of carbonyl (C=O) groups excluding carboxylic acids is 1. The summed E-state index contributed by atoms with van der Waals surface area (Å²) in [6, 6.07) is 3.10. The third-order valence-electron chi connectivity index (χ3n) is 3.97. The Kier molecular flexibility index (Phi) is 4.56. The smallest absolute Gasteiger partial charge is 0.209 e. The first-order valence-corrected chi connectivity index (χ1v) is 8.39. The fourth-order valence-electron chi connectivity index (χ4n) is 2.77.